The smallest absolute Gasteiger partial charge is 0.156 e. The molecule has 1 nitrogen and oxygen atoms in total. The van der Waals surface area contributed by atoms with Gasteiger partial charge in [-0.2, -0.15) is 0 Å². The van der Waals surface area contributed by atoms with Crippen molar-refractivity contribution in [3.05, 3.63) is 60.2 Å². The van der Waals surface area contributed by atoms with E-state index < -0.39 is 0 Å². The van der Waals surface area contributed by atoms with Crippen LogP contribution in [0.25, 0.3) is 0 Å². The van der Waals surface area contributed by atoms with Gasteiger partial charge in [-0.1, -0.05) is 53.5 Å². The molecule has 2 heteroatoms. The molecule has 1 radical (unpaired) electrons. The van der Waals surface area contributed by atoms with Gasteiger partial charge in [-0.3, -0.25) is 0 Å². The van der Waals surface area contributed by atoms with E-state index in [2.05, 4.69) is 43.7 Å². The van der Waals surface area contributed by atoms with Crippen molar-refractivity contribution in [2.75, 3.05) is 7.11 Å². The summed E-state index contributed by atoms with van der Waals surface area (Å²) >= 11 is 0. The molecule has 0 aliphatic rings. The summed E-state index contributed by atoms with van der Waals surface area (Å²) in [6.07, 6.45) is 0.952. The van der Waals surface area contributed by atoms with Crippen LogP contribution in [0.2, 0.25) is 0 Å². The average Bonchev–Trinajstić information content (AvgIpc) is 2.38. The number of ether oxygens (including phenoxy) is 1. The Hall–Kier alpha value is -1.70. The maximum atomic E-state index is 5.12. The first-order valence-corrected chi connectivity index (χ1v) is 5.39. The second-order valence-electron chi connectivity index (χ2n) is 3.67. The van der Waals surface area contributed by atoms with Gasteiger partial charge < -0.3 is 4.74 Å². The zero-order valence-electron chi connectivity index (χ0n) is 9.39. The highest BCUT2D eigenvalue weighted by atomic mass is 16.5. The highest BCUT2D eigenvalue weighted by molar-refractivity contribution is 6.52. The van der Waals surface area contributed by atoms with Gasteiger partial charge in [-0.25, -0.2) is 0 Å². The van der Waals surface area contributed by atoms with Crippen molar-refractivity contribution in [1.29, 1.82) is 0 Å². The molecule has 0 atom stereocenters. The maximum Gasteiger partial charge on any atom is 0.156 e. The Morgan fingerprint density at radius 2 is 1.62 bits per heavy atom. The quantitative estimate of drug-likeness (QED) is 0.701. The first-order valence-electron chi connectivity index (χ1n) is 5.39. The predicted molar refractivity (Wildman–Crippen MR) is 68.5 cm³/mol. The molecule has 0 aliphatic carbocycles. The van der Waals surface area contributed by atoms with Crippen LogP contribution in [0.5, 0.6) is 5.75 Å². The molecule has 2 rings (SSSR count). The summed E-state index contributed by atoms with van der Waals surface area (Å²) in [7, 11) is 3.91. The third-order valence-electron chi connectivity index (χ3n) is 2.53. The SMILES string of the molecule is COc1ccc(C[B]c2ccccc2)cc1. The summed E-state index contributed by atoms with van der Waals surface area (Å²) in [5, 5.41) is 0. The lowest BCUT2D eigenvalue weighted by Gasteiger charge is -2.02. The molecule has 0 unspecified atom stereocenters. The van der Waals surface area contributed by atoms with Crippen LogP contribution < -0.4 is 10.2 Å². The minimum absolute atomic E-state index is 0.906. The molecule has 2 aromatic carbocycles. The van der Waals surface area contributed by atoms with Crippen molar-refractivity contribution in [2.45, 2.75) is 6.32 Å². The van der Waals surface area contributed by atoms with E-state index in [0.717, 1.165) is 12.1 Å². The lowest BCUT2D eigenvalue weighted by Crippen LogP contribution is -2.15. The third-order valence-corrected chi connectivity index (χ3v) is 2.53. The van der Waals surface area contributed by atoms with Crippen molar-refractivity contribution in [3.8, 4) is 5.75 Å². The molecular weight excluding hydrogens is 195 g/mol. The topological polar surface area (TPSA) is 9.23 Å². The summed E-state index contributed by atoms with van der Waals surface area (Å²) < 4.78 is 5.12. The van der Waals surface area contributed by atoms with Gasteiger partial charge in [-0.05, 0) is 18.5 Å². The fourth-order valence-corrected chi connectivity index (χ4v) is 1.59. The summed E-state index contributed by atoms with van der Waals surface area (Å²) in [6.45, 7) is 0. The predicted octanol–water partition coefficient (Wildman–Crippen LogP) is 2.22. The van der Waals surface area contributed by atoms with Crippen LogP contribution in [0.3, 0.4) is 0 Å². The van der Waals surface area contributed by atoms with Crippen LogP contribution >= 0.6 is 0 Å². The van der Waals surface area contributed by atoms with Gasteiger partial charge in [-0.15, -0.1) is 0 Å². The van der Waals surface area contributed by atoms with Gasteiger partial charge in [0.25, 0.3) is 0 Å². The summed E-state index contributed by atoms with van der Waals surface area (Å²) in [5.41, 5.74) is 2.56. The monoisotopic (exact) mass is 209 g/mol. The molecule has 2 aromatic rings. The minimum Gasteiger partial charge on any atom is -0.497 e. The number of benzene rings is 2. The maximum absolute atomic E-state index is 5.12. The van der Waals surface area contributed by atoms with E-state index in [-0.39, 0.29) is 0 Å². The molecule has 0 saturated carbocycles. The normalized spacial score (nSPS) is 9.81. The van der Waals surface area contributed by atoms with Crippen LogP contribution in [0.4, 0.5) is 0 Å². The second-order valence-corrected chi connectivity index (χ2v) is 3.67. The van der Waals surface area contributed by atoms with Crippen molar-refractivity contribution < 1.29 is 4.74 Å². The van der Waals surface area contributed by atoms with Gasteiger partial charge in [0.05, 0.1) is 7.11 Å². The molecule has 0 aliphatic heterocycles. The fourth-order valence-electron chi connectivity index (χ4n) is 1.59. The summed E-state index contributed by atoms with van der Waals surface area (Å²) in [5.74, 6) is 0.906. The third kappa shape index (κ3) is 2.90. The lowest BCUT2D eigenvalue weighted by atomic mass is 9.65. The van der Waals surface area contributed by atoms with E-state index in [0.29, 0.717) is 0 Å². The molecule has 0 spiro atoms. The Morgan fingerprint density at radius 3 is 2.25 bits per heavy atom. The summed E-state index contributed by atoms with van der Waals surface area (Å²) in [4.78, 5) is 0. The van der Waals surface area contributed by atoms with Gasteiger partial charge in [0.15, 0.2) is 7.28 Å². The second kappa shape index (κ2) is 5.41. The number of rotatable bonds is 4. The first kappa shape index (κ1) is 10.8. The van der Waals surface area contributed by atoms with E-state index >= 15 is 0 Å². The molecule has 79 valence electrons. The van der Waals surface area contributed by atoms with Crippen LogP contribution in [-0.2, 0) is 6.32 Å². The van der Waals surface area contributed by atoms with E-state index in [4.69, 9.17) is 4.74 Å². The number of hydrogen-bond acceptors (Lipinski definition) is 1. The largest absolute Gasteiger partial charge is 0.497 e. The molecule has 0 N–H and O–H groups in total. The van der Waals surface area contributed by atoms with Crippen LogP contribution in [0.1, 0.15) is 5.56 Å². The Morgan fingerprint density at radius 1 is 0.938 bits per heavy atom. The van der Waals surface area contributed by atoms with Gasteiger partial charge >= 0.3 is 0 Å². The van der Waals surface area contributed by atoms with E-state index in [1.165, 1.54) is 11.0 Å². The standard InChI is InChI=1S/C14H14BO/c1-16-14-9-7-12(8-10-14)11-15-13-5-3-2-4-6-13/h2-10H,11H2,1H3. The highest BCUT2D eigenvalue weighted by Gasteiger charge is 1.97. The van der Waals surface area contributed by atoms with Gasteiger partial charge in [0, 0.05) is 0 Å². The molecular formula is C14H14BO. The summed E-state index contributed by atoms with van der Waals surface area (Å²) in [6, 6.07) is 18.6. The molecule has 0 aromatic heterocycles. The minimum atomic E-state index is 0.906. The number of hydrogen-bond donors (Lipinski definition) is 0. The molecule has 0 saturated heterocycles. The van der Waals surface area contributed by atoms with E-state index in [1.807, 2.05) is 18.2 Å². The molecule has 16 heavy (non-hydrogen) atoms. The van der Waals surface area contributed by atoms with Crippen molar-refractivity contribution in [2.24, 2.45) is 0 Å². The molecule has 0 fully saturated rings. The van der Waals surface area contributed by atoms with E-state index in [9.17, 15) is 0 Å². The zero-order valence-corrected chi connectivity index (χ0v) is 9.39. The fraction of sp³-hybridized carbons (Fsp3) is 0.143. The van der Waals surface area contributed by atoms with E-state index in [1.54, 1.807) is 7.11 Å². The molecule has 0 bridgehead atoms. The molecule has 0 amide bonds. The first-order chi connectivity index (χ1) is 7.88. The Balaban J connectivity index is 1.94. The zero-order chi connectivity index (χ0) is 11.2. The van der Waals surface area contributed by atoms with Crippen LogP contribution in [0.15, 0.2) is 54.6 Å². The van der Waals surface area contributed by atoms with Gasteiger partial charge in [0.2, 0.25) is 0 Å². The molecule has 0 heterocycles. The lowest BCUT2D eigenvalue weighted by molar-refractivity contribution is 0.414. The average molecular weight is 209 g/mol. The van der Waals surface area contributed by atoms with Crippen LogP contribution in [0, 0.1) is 0 Å². The Bertz CT molecular complexity index is 422. The number of methoxy groups -OCH3 is 1. The van der Waals surface area contributed by atoms with Crippen molar-refractivity contribution in [3.63, 3.8) is 0 Å². The van der Waals surface area contributed by atoms with Crippen LogP contribution in [-0.4, -0.2) is 14.4 Å². The van der Waals surface area contributed by atoms with Gasteiger partial charge in [0.1, 0.15) is 5.75 Å². The van der Waals surface area contributed by atoms with Crippen molar-refractivity contribution in [1.82, 2.24) is 0 Å². The van der Waals surface area contributed by atoms with Crippen molar-refractivity contribution >= 4 is 12.7 Å². The highest BCUT2D eigenvalue weighted by Crippen LogP contribution is 2.11. The Labute approximate surface area is 97.3 Å². The Kier molecular flexibility index (Phi) is 3.65.